The van der Waals surface area contributed by atoms with E-state index in [1.54, 1.807) is 31.2 Å². The highest BCUT2D eigenvalue weighted by molar-refractivity contribution is 6.31. The molecule has 0 heterocycles. The molecule has 0 unspecified atom stereocenters. The maximum absolute atomic E-state index is 13.1. The Morgan fingerprint density at radius 2 is 1.40 bits per heavy atom. The zero-order chi connectivity index (χ0) is 18.3. The van der Waals surface area contributed by atoms with Crippen LogP contribution in [0.15, 0.2) is 24.3 Å². The lowest BCUT2D eigenvalue weighted by Gasteiger charge is -2.25. The van der Waals surface area contributed by atoms with Crippen LogP contribution in [0.1, 0.15) is 44.3 Å². The van der Waals surface area contributed by atoms with Gasteiger partial charge in [0.15, 0.2) is 17.3 Å². The molecular weight excluding hydrogens is 322 g/mol. The minimum atomic E-state index is -0.341. The van der Waals surface area contributed by atoms with E-state index >= 15 is 0 Å². The van der Waals surface area contributed by atoms with Crippen LogP contribution in [0.4, 0.5) is 5.69 Å². The lowest BCUT2D eigenvalue weighted by molar-refractivity contribution is -0.114. The van der Waals surface area contributed by atoms with Gasteiger partial charge in [-0.2, -0.15) is 0 Å². The van der Waals surface area contributed by atoms with Gasteiger partial charge in [0.1, 0.15) is 5.75 Å². The van der Waals surface area contributed by atoms with E-state index in [1.165, 1.54) is 21.1 Å². The van der Waals surface area contributed by atoms with E-state index in [4.69, 9.17) is 9.47 Å². The molecule has 1 aliphatic rings. The topological polar surface area (TPSA) is 81.7 Å². The first-order valence-electron chi connectivity index (χ1n) is 7.66. The molecule has 0 saturated heterocycles. The molecule has 0 atom stereocenters. The Hall–Kier alpha value is -3.15. The van der Waals surface area contributed by atoms with E-state index in [2.05, 4.69) is 5.32 Å². The lowest BCUT2D eigenvalue weighted by Crippen LogP contribution is -2.24. The second-order valence-corrected chi connectivity index (χ2v) is 5.70. The fourth-order valence-electron chi connectivity index (χ4n) is 3.19. The molecule has 6 nitrogen and oxygen atoms in total. The average molecular weight is 339 g/mol. The van der Waals surface area contributed by atoms with Gasteiger partial charge < -0.3 is 14.8 Å². The molecule has 1 amide bonds. The third-order valence-corrected chi connectivity index (χ3v) is 4.23. The number of nitrogens with one attached hydrogen (secondary N) is 1. The second-order valence-electron chi connectivity index (χ2n) is 5.70. The zero-order valence-corrected chi connectivity index (χ0v) is 14.4. The number of hydrogen-bond donors (Lipinski definition) is 1. The van der Waals surface area contributed by atoms with Crippen molar-refractivity contribution in [3.05, 3.63) is 52.1 Å². The van der Waals surface area contributed by atoms with E-state index in [-0.39, 0.29) is 40.1 Å². The molecule has 1 aliphatic carbocycles. The van der Waals surface area contributed by atoms with Crippen LogP contribution in [-0.2, 0) is 4.79 Å². The Kier molecular flexibility index (Phi) is 4.04. The van der Waals surface area contributed by atoms with Gasteiger partial charge in [-0.1, -0.05) is 24.3 Å². The molecule has 0 aromatic heterocycles. The van der Waals surface area contributed by atoms with Gasteiger partial charge in [0.25, 0.3) is 0 Å². The number of methoxy groups -OCH3 is 2. The largest absolute Gasteiger partial charge is 0.496 e. The van der Waals surface area contributed by atoms with Crippen molar-refractivity contribution in [1.82, 2.24) is 0 Å². The standard InChI is InChI=1S/C19H17NO5/c1-9-15(20-10(2)21)19(25-4)14-13(18(9)24-3)16(22)11-7-5-6-8-12(11)17(14)23/h5-8H,1-4H3,(H,20,21). The molecule has 128 valence electrons. The molecule has 3 rings (SSSR count). The number of carbonyl (C=O) groups is 3. The van der Waals surface area contributed by atoms with Gasteiger partial charge in [0.05, 0.1) is 31.0 Å². The number of amides is 1. The minimum Gasteiger partial charge on any atom is -0.496 e. The van der Waals surface area contributed by atoms with Gasteiger partial charge >= 0.3 is 0 Å². The predicted octanol–water partition coefficient (Wildman–Crippen LogP) is 2.75. The van der Waals surface area contributed by atoms with Gasteiger partial charge in [-0.15, -0.1) is 0 Å². The van der Waals surface area contributed by atoms with Crippen LogP contribution < -0.4 is 14.8 Å². The van der Waals surface area contributed by atoms with Gasteiger partial charge in [0.2, 0.25) is 5.91 Å². The fraction of sp³-hybridized carbons (Fsp3) is 0.211. The highest BCUT2D eigenvalue weighted by atomic mass is 16.5. The number of ether oxygens (including phenoxy) is 2. The Bertz CT molecular complexity index is 930. The maximum atomic E-state index is 13.1. The second kappa shape index (κ2) is 6.05. The fourth-order valence-corrected chi connectivity index (χ4v) is 3.19. The predicted molar refractivity (Wildman–Crippen MR) is 91.9 cm³/mol. The summed E-state index contributed by atoms with van der Waals surface area (Å²) in [6.07, 6.45) is 0. The smallest absolute Gasteiger partial charge is 0.221 e. The molecule has 0 spiro atoms. The Morgan fingerprint density at radius 3 is 1.84 bits per heavy atom. The molecule has 0 fully saturated rings. The third-order valence-electron chi connectivity index (χ3n) is 4.23. The molecule has 25 heavy (non-hydrogen) atoms. The first-order valence-corrected chi connectivity index (χ1v) is 7.66. The molecule has 1 N–H and O–H groups in total. The Balaban J connectivity index is 2.43. The van der Waals surface area contributed by atoms with Gasteiger partial charge in [0, 0.05) is 23.6 Å². The summed E-state index contributed by atoms with van der Waals surface area (Å²) in [5, 5.41) is 2.67. The van der Waals surface area contributed by atoms with Crippen LogP contribution in [0.3, 0.4) is 0 Å². The van der Waals surface area contributed by atoms with E-state index in [9.17, 15) is 14.4 Å². The Labute approximate surface area is 144 Å². The molecule has 2 aromatic rings. The van der Waals surface area contributed by atoms with Crippen molar-refractivity contribution in [2.24, 2.45) is 0 Å². The van der Waals surface area contributed by atoms with E-state index in [0.29, 0.717) is 22.4 Å². The summed E-state index contributed by atoms with van der Waals surface area (Å²) in [4.78, 5) is 37.6. The normalized spacial score (nSPS) is 12.3. The summed E-state index contributed by atoms with van der Waals surface area (Å²) < 4.78 is 10.8. The van der Waals surface area contributed by atoms with Crippen molar-refractivity contribution in [3.8, 4) is 11.5 Å². The molecule has 0 aliphatic heterocycles. The molecule has 2 aromatic carbocycles. The summed E-state index contributed by atoms with van der Waals surface area (Å²) in [6, 6.07) is 6.61. The quantitative estimate of drug-likeness (QED) is 0.793. The van der Waals surface area contributed by atoms with Crippen molar-refractivity contribution in [2.45, 2.75) is 13.8 Å². The SMILES string of the molecule is COc1c(C)c(NC(C)=O)c(OC)c2c1C(=O)c1ccccc1C2=O. The maximum Gasteiger partial charge on any atom is 0.221 e. The van der Waals surface area contributed by atoms with E-state index < -0.39 is 0 Å². The van der Waals surface area contributed by atoms with Crippen LogP contribution in [0.2, 0.25) is 0 Å². The number of carbonyl (C=O) groups excluding carboxylic acids is 3. The summed E-state index contributed by atoms with van der Waals surface area (Å²) in [5.41, 5.74) is 1.75. The summed E-state index contributed by atoms with van der Waals surface area (Å²) in [5.74, 6) is -0.549. The van der Waals surface area contributed by atoms with E-state index in [1.807, 2.05) is 0 Å². The summed E-state index contributed by atoms with van der Waals surface area (Å²) in [6.45, 7) is 3.05. The summed E-state index contributed by atoms with van der Waals surface area (Å²) in [7, 11) is 2.82. The first kappa shape index (κ1) is 16.7. The van der Waals surface area contributed by atoms with Gasteiger partial charge in [-0.05, 0) is 6.92 Å². The average Bonchev–Trinajstić information content (AvgIpc) is 2.60. The molecule has 6 heteroatoms. The van der Waals surface area contributed by atoms with Crippen molar-refractivity contribution in [2.75, 3.05) is 19.5 Å². The third kappa shape index (κ3) is 2.38. The number of hydrogen-bond acceptors (Lipinski definition) is 5. The number of fused-ring (bicyclic) bond motifs is 2. The minimum absolute atomic E-state index is 0.109. The van der Waals surface area contributed by atoms with Crippen LogP contribution in [-0.4, -0.2) is 31.7 Å². The molecule has 0 bridgehead atoms. The van der Waals surface area contributed by atoms with Crippen molar-refractivity contribution < 1.29 is 23.9 Å². The number of anilines is 1. The van der Waals surface area contributed by atoms with Crippen LogP contribution >= 0.6 is 0 Å². The monoisotopic (exact) mass is 339 g/mol. The highest BCUT2D eigenvalue weighted by Gasteiger charge is 2.37. The van der Waals surface area contributed by atoms with Crippen LogP contribution in [0, 0.1) is 6.92 Å². The zero-order valence-electron chi connectivity index (χ0n) is 14.4. The molecule has 0 radical (unpaired) electrons. The van der Waals surface area contributed by atoms with Crippen molar-refractivity contribution in [3.63, 3.8) is 0 Å². The molecule has 0 saturated carbocycles. The highest BCUT2D eigenvalue weighted by Crippen LogP contribution is 2.46. The van der Waals surface area contributed by atoms with Gasteiger partial charge in [-0.3, -0.25) is 14.4 Å². The summed E-state index contributed by atoms with van der Waals surface area (Å²) >= 11 is 0. The lowest BCUT2D eigenvalue weighted by atomic mass is 9.81. The first-order chi connectivity index (χ1) is 11.9. The number of rotatable bonds is 3. The van der Waals surface area contributed by atoms with Crippen LogP contribution in [0.25, 0.3) is 0 Å². The van der Waals surface area contributed by atoms with Crippen LogP contribution in [0.5, 0.6) is 11.5 Å². The van der Waals surface area contributed by atoms with Crippen molar-refractivity contribution >= 4 is 23.2 Å². The number of benzene rings is 2. The Morgan fingerprint density at radius 1 is 0.920 bits per heavy atom. The number of ketones is 2. The van der Waals surface area contributed by atoms with E-state index in [0.717, 1.165) is 0 Å². The molecular formula is C19H17NO5. The van der Waals surface area contributed by atoms with Gasteiger partial charge in [-0.25, -0.2) is 0 Å². The van der Waals surface area contributed by atoms with Crippen molar-refractivity contribution in [1.29, 1.82) is 0 Å².